The lowest BCUT2D eigenvalue weighted by Gasteiger charge is -2.28. The fourth-order valence-corrected chi connectivity index (χ4v) is 3.29. The van der Waals surface area contributed by atoms with Gasteiger partial charge < -0.3 is 25.4 Å². The van der Waals surface area contributed by atoms with Crippen molar-refractivity contribution < 1.29 is 14.6 Å². The highest BCUT2D eigenvalue weighted by Gasteiger charge is 2.23. The molecule has 0 unspecified atom stereocenters. The summed E-state index contributed by atoms with van der Waals surface area (Å²) in [5.74, 6) is 0.0412. The Morgan fingerprint density at radius 3 is 2.31 bits per heavy atom. The minimum atomic E-state index is -1.44. The second-order valence-electron chi connectivity index (χ2n) is 8.13. The number of carbonyl (C=O) groups is 1. The smallest absolute Gasteiger partial charge is 0.255 e. The van der Waals surface area contributed by atoms with Crippen LogP contribution in [0.15, 0.2) is 60.8 Å². The maximum absolute atomic E-state index is 11.9. The summed E-state index contributed by atoms with van der Waals surface area (Å²) in [6, 6.07) is 17.3. The molecule has 1 fully saturated rings. The van der Waals surface area contributed by atoms with Gasteiger partial charge in [0.2, 0.25) is 5.95 Å². The van der Waals surface area contributed by atoms with Gasteiger partial charge in [-0.1, -0.05) is 12.1 Å². The number of amides is 1. The Kier molecular flexibility index (Phi) is 6.34. The second-order valence-corrected chi connectivity index (χ2v) is 8.13. The lowest BCUT2D eigenvalue weighted by atomic mass is 10.1. The molecule has 1 aliphatic heterocycles. The van der Waals surface area contributed by atoms with Crippen LogP contribution in [0.3, 0.4) is 0 Å². The molecule has 0 saturated carbocycles. The van der Waals surface area contributed by atoms with Gasteiger partial charge in [-0.15, -0.1) is 0 Å². The SMILES string of the molecule is CC(C)(O)C(=O)Nc1ccc(-c2ccnc(Nc3ccc(N4CCOCC4)cc3)n2)cc1. The molecule has 3 aromatic rings. The molecule has 2 heterocycles. The number of nitrogens with one attached hydrogen (secondary N) is 2. The number of anilines is 4. The van der Waals surface area contributed by atoms with Crippen molar-refractivity contribution in [3.63, 3.8) is 0 Å². The zero-order valence-corrected chi connectivity index (χ0v) is 18.2. The predicted molar refractivity (Wildman–Crippen MR) is 125 cm³/mol. The highest BCUT2D eigenvalue weighted by molar-refractivity contribution is 5.96. The van der Waals surface area contributed by atoms with Crippen LogP contribution in [0.1, 0.15) is 13.8 Å². The summed E-state index contributed by atoms with van der Waals surface area (Å²) >= 11 is 0. The van der Waals surface area contributed by atoms with E-state index in [-0.39, 0.29) is 0 Å². The summed E-state index contributed by atoms with van der Waals surface area (Å²) in [6.07, 6.45) is 1.71. The lowest BCUT2D eigenvalue weighted by molar-refractivity contribution is -0.130. The van der Waals surface area contributed by atoms with Gasteiger partial charge >= 0.3 is 0 Å². The average molecular weight is 434 g/mol. The number of aromatic nitrogens is 2. The largest absolute Gasteiger partial charge is 0.381 e. The van der Waals surface area contributed by atoms with E-state index in [4.69, 9.17) is 4.74 Å². The Bertz CT molecular complexity index is 1060. The highest BCUT2D eigenvalue weighted by atomic mass is 16.5. The normalized spacial score (nSPS) is 14.2. The Balaban J connectivity index is 1.42. The molecule has 1 aromatic heterocycles. The van der Waals surface area contributed by atoms with Gasteiger partial charge in [0.1, 0.15) is 5.60 Å². The van der Waals surface area contributed by atoms with Gasteiger partial charge in [0.05, 0.1) is 18.9 Å². The quantitative estimate of drug-likeness (QED) is 0.548. The third-order valence-electron chi connectivity index (χ3n) is 5.15. The highest BCUT2D eigenvalue weighted by Crippen LogP contribution is 2.23. The monoisotopic (exact) mass is 433 g/mol. The molecule has 3 N–H and O–H groups in total. The van der Waals surface area contributed by atoms with Crippen LogP contribution in [-0.2, 0) is 9.53 Å². The van der Waals surface area contributed by atoms with Crippen LogP contribution in [-0.4, -0.2) is 52.9 Å². The van der Waals surface area contributed by atoms with Gasteiger partial charge in [-0.05, 0) is 56.3 Å². The zero-order valence-electron chi connectivity index (χ0n) is 18.2. The molecule has 8 nitrogen and oxygen atoms in total. The predicted octanol–water partition coefficient (Wildman–Crippen LogP) is 3.43. The number of carbonyl (C=O) groups excluding carboxylic acids is 1. The molecule has 2 aromatic carbocycles. The molecule has 8 heteroatoms. The van der Waals surface area contributed by atoms with Crippen molar-refractivity contribution in [2.24, 2.45) is 0 Å². The van der Waals surface area contributed by atoms with Crippen molar-refractivity contribution in [3.8, 4) is 11.3 Å². The van der Waals surface area contributed by atoms with Crippen LogP contribution >= 0.6 is 0 Å². The van der Waals surface area contributed by atoms with E-state index in [1.54, 1.807) is 18.3 Å². The summed E-state index contributed by atoms with van der Waals surface area (Å²) in [6.45, 7) is 6.21. The summed E-state index contributed by atoms with van der Waals surface area (Å²) in [5, 5.41) is 15.7. The number of hydrogen-bond acceptors (Lipinski definition) is 7. The van der Waals surface area contributed by atoms with E-state index in [0.29, 0.717) is 11.6 Å². The summed E-state index contributed by atoms with van der Waals surface area (Å²) < 4.78 is 5.41. The molecule has 32 heavy (non-hydrogen) atoms. The van der Waals surface area contributed by atoms with Crippen LogP contribution in [0.5, 0.6) is 0 Å². The summed E-state index contributed by atoms with van der Waals surface area (Å²) in [4.78, 5) is 23.1. The number of benzene rings is 2. The minimum absolute atomic E-state index is 0.460. The lowest BCUT2D eigenvalue weighted by Crippen LogP contribution is -2.36. The van der Waals surface area contributed by atoms with Gasteiger partial charge in [-0.3, -0.25) is 4.79 Å². The first-order valence-electron chi connectivity index (χ1n) is 10.6. The molecular weight excluding hydrogens is 406 g/mol. The molecule has 0 radical (unpaired) electrons. The molecule has 0 spiro atoms. The van der Waals surface area contributed by atoms with Gasteiger partial charge in [0, 0.05) is 41.9 Å². The Labute approximate surface area is 187 Å². The van der Waals surface area contributed by atoms with Crippen LogP contribution in [0, 0.1) is 0 Å². The number of rotatable bonds is 6. The Morgan fingerprint density at radius 1 is 1.00 bits per heavy atom. The van der Waals surface area contributed by atoms with E-state index >= 15 is 0 Å². The van der Waals surface area contributed by atoms with Crippen LogP contribution < -0.4 is 15.5 Å². The van der Waals surface area contributed by atoms with Crippen LogP contribution in [0.4, 0.5) is 23.0 Å². The maximum atomic E-state index is 11.9. The van der Waals surface area contributed by atoms with Crippen molar-refractivity contribution in [2.45, 2.75) is 19.4 Å². The van der Waals surface area contributed by atoms with Crippen molar-refractivity contribution in [2.75, 3.05) is 41.8 Å². The molecule has 0 aliphatic carbocycles. The fourth-order valence-electron chi connectivity index (χ4n) is 3.29. The molecule has 1 amide bonds. The second kappa shape index (κ2) is 9.33. The van der Waals surface area contributed by atoms with Gasteiger partial charge in [0.15, 0.2) is 0 Å². The molecule has 4 rings (SSSR count). The number of aliphatic hydroxyl groups is 1. The first-order chi connectivity index (χ1) is 15.4. The van der Waals surface area contributed by atoms with E-state index in [2.05, 4.69) is 37.6 Å². The van der Waals surface area contributed by atoms with Crippen LogP contribution in [0.25, 0.3) is 11.3 Å². The maximum Gasteiger partial charge on any atom is 0.255 e. The van der Waals surface area contributed by atoms with Crippen molar-refractivity contribution >= 4 is 28.9 Å². The third kappa shape index (κ3) is 5.40. The third-order valence-corrected chi connectivity index (χ3v) is 5.15. The van der Waals surface area contributed by atoms with Gasteiger partial charge in [-0.25, -0.2) is 9.97 Å². The molecule has 166 valence electrons. The number of ether oxygens (including phenoxy) is 1. The molecule has 0 atom stereocenters. The van der Waals surface area contributed by atoms with E-state index in [0.717, 1.165) is 43.2 Å². The number of hydrogen-bond donors (Lipinski definition) is 3. The van der Waals surface area contributed by atoms with Gasteiger partial charge in [-0.2, -0.15) is 0 Å². The fraction of sp³-hybridized carbons (Fsp3) is 0.292. The van der Waals surface area contributed by atoms with Crippen molar-refractivity contribution in [1.82, 2.24) is 9.97 Å². The molecule has 1 saturated heterocycles. The van der Waals surface area contributed by atoms with E-state index in [1.165, 1.54) is 19.5 Å². The molecule has 1 aliphatic rings. The van der Waals surface area contributed by atoms with E-state index in [9.17, 15) is 9.90 Å². The Hall–Kier alpha value is -3.49. The molecule has 0 bridgehead atoms. The summed E-state index contributed by atoms with van der Waals surface area (Å²) in [5.41, 5.74) is 2.89. The first-order valence-corrected chi connectivity index (χ1v) is 10.6. The number of nitrogens with zero attached hydrogens (tertiary/aromatic N) is 3. The van der Waals surface area contributed by atoms with E-state index in [1.807, 2.05) is 30.3 Å². The standard InChI is InChI=1S/C24H27N5O3/c1-24(2,31)22(30)26-18-5-3-17(4-6-18)21-11-12-25-23(28-21)27-19-7-9-20(10-8-19)29-13-15-32-16-14-29/h3-12,31H,13-16H2,1-2H3,(H,26,30)(H,25,27,28). The minimum Gasteiger partial charge on any atom is -0.381 e. The summed E-state index contributed by atoms with van der Waals surface area (Å²) in [7, 11) is 0. The van der Waals surface area contributed by atoms with Crippen LogP contribution in [0.2, 0.25) is 0 Å². The van der Waals surface area contributed by atoms with E-state index < -0.39 is 11.5 Å². The zero-order chi connectivity index (χ0) is 22.6. The van der Waals surface area contributed by atoms with Crippen molar-refractivity contribution in [1.29, 1.82) is 0 Å². The molecular formula is C24H27N5O3. The van der Waals surface area contributed by atoms with Gasteiger partial charge in [0.25, 0.3) is 5.91 Å². The first kappa shape index (κ1) is 21.7. The average Bonchev–Trinajstić information content (AvgIpc) is 2.80. The Morgan fingerprint density at radius 2 is 1.66 bits per heavy atom. The topological polar surface area (TPSA) is 99.6 Å². The number of morpholine rings is 1. The van der Waals surface area contributed by atoms with Crippen molar-refractivity contribution in [3.05, 3.63) is 60.8 Å².